The van der Waals surface area contributed by atoms with Crippen LogP contribution in [0.25, 0.3) is 0 Å². The average molecular weight is 403 g/mol. The normalized spacial score (nSPS) is 12.9. The molecule has 1 aromatic carbocycles. The molecule has 0 spiro atoms. The Kier molecular flexibility index (Phi) is 8.34. The van der Waals surface area contributed by atoms with Gasteiger partial charge in [0, 0.05) is 18.7 Å². The molecule has 9 heteroatoms. The van der Waals surface area contributed by atoms with Gasteiger partial charge in [0.2, 0.25) is 10.0 Å². The Balaban J connectivity index is 2.69. The van der Waals surface area contributed by atoms with E-state index >= 15 is 0 Å². The summed E-state index contributed by atoms with van der Waals surface area (Å²) in [7, 11) is -3.75. The van der Waals surface area contributed by atoms with Gasteiger partial charge in [-0.1, -0.05) is 13.8 Å². The van der Waals surface area contributed by atoms with E-state index in [0.29, 0.717) is 32.3 Å². The number of nitrogens with one attached hydrogen (secondary N) is 1. The van der Waals surface area contributed by atoms with Crippen molar-refractivity contribution in [2.45, 2.75) is 69.5 Å². The van der Waals surface area contributed by atoms with Crippen molar-refractivity contribution < 1.29 is 23.2 Å². The summed E-state index contributed by atoms with van der Waals surface area (Å²) in [5, 5.41) is 20.5. The van der Waals surface area contributed by atoms with Gasteiger partial charge in [-0.25, -0.2) is 13.1 Å². The van der Waals surface area contributed by atoms with Crippen molar-refractivity contribution in [1.82, 2.24) is 4.72 Å². The standard InChI is InChI=1S/C18H30N2O6S/c1-5-18(6-2,26-14-12-17(3,4)21)11-13-19-27(24,25)16-9-7-15(8-10-16)20(22)23/h7-10,19,21H,5-6,11-14H2,1-4H3. The number of nitrogens with zero attached hydrogens (tertiary/aromatic N) is 1. The largest absolute Gasteiger partial charge is 0.390 e. The van der Waals surface area contributed by atoms with Crippen LogP contribution < -0.4 is 4.72 Å². The van der Waals surface area contributed by atoms with Gasteiger partial charge >= 0.3 is 0 Å². The predicted octanol–water partition coefficient (Wildman–Crippen LogP) is 3.00. The molecular weight excluding hydrogens is 372 g/mol. The lowest BCUT2D eigenvalue weighted by Gasteiger charge is -2.33. The van der Waals surface area contributed by atoms with E-state index in [1.807, 2.05) is 13.8 Å². The molecule has 8 nitrogen and oxygen atoms in total. The van der Waals surface area contributed by atoms with Crippen molar-refractivity contribution in [3.63, 3.8) is 0 Å². The van der Waals surface area contributed by atoms with Crippen LogP contribution in [0, 0.1) is 10.1 Å². The smallest absolute Gasteiger partial charge is 0.269 e. The Bertz CT molecular complexity index is 706. The highest BCUT2D eigenvalue weighted by atomic mass is 32.2. The maximum Gasteiger partial charge on any atom is 0.269 e. The van der Waals surface area contributed by atoms with E-state index in [0.717, 1.165) is 12.1 Å². The molecule has 154 valence electrons. The number of nitro groups is 1. The molecule has 0 bridgehead atoms. The highest BCUT2D eigenvalue weighted by Gasteiger charge is 2.28. The molecule has 0 aliphatic carbocycles. The highest BCUT2D eigenvalue weighted by Crippen LogP contribution is 2.26. The van der Waals surface area contributed by atoms with Crippen LogP contribution in [0.1, 0.15) is 53.4 Å². The van der Waals surface area contributed by atoms with Gasteiger partial charge in [0.25, 0.3) is 5.69 Å². The second kappa shape index (κ2) is 9.59. The summed E-state index contributed by atoms with van der Waals surface area (Å²) in [6.07, 6.45) is 2.41. The maximum atomic E-state index is 12.4. The Hall–Kier alpha value is -1.55. The maximum absolute atomic E-state index is 12.4. The Morgan fingerprint density at radius 2 is 1.70 bits per heavy atom. The average Bonchev–Trinajstić information content (AvgIpc) is 2.59. The number of non-ortho nitro benzene ring substituents is 1. The number of sulfonamides is 1. The molecule has 0 heterocycles. The van der Waals surface area contributed by atoms with Crippen LogP contribution in [0.2, 0.25) is 0 Å². The van der Waals surface area contributed by atoms with Crippen LogP contribution in [0.4, 0.5) is 5.69 Å². The van der Waals surface area contributed by atoms with Crippen LogP contribution in [0.15, 0.2) is 29.2 Å². The zero-order valence-electron chi connectivity index (χ0n) is 16.4. The van der Waals surface area contributed by atoms with Gasteiger partial charge in [-0.05, 0) is 51.7 Å². The summed E-state index contributed by atoms with van der Waals surface area (Å²) in [5.74, 6) is 0. The first-order valence-electron chi connectivity index (χ1n) is 9.05. The number of rotatable bonds is 12. The molecule has 1 aromatic rings. The lowest BCUT2D eigenvalue weighted by molar-refractivity contribution is -0.384. The summed E-state index contributed by atoms with van der Waals surface area (Å²) in [6.45, 7) is 7.98. The minimum atomic E-state index is -3.75. The second-order valence-electron chi connectivity index (χ2n) is 7.20. The van der Waals surface area contributed by atoms with Gasteiger partial charge in [0.1, 0.15) is 0 Å². The van der Waals surface area contributed by atoms with Gasteiger partial charge < -0.3 is 9.84 Å². The third kappa shape index (κ3) is 7.53. The molecule has 0 aromatic heterocycles. The highest BCUT2D eigenvalue weighted by molar-refractivity contribution is 7.89. The summed E-state index contributed by atoms with van der Waals surface area (Å²) in [6, 6.07) is 4.76. The summed E-state index contributed by atoms with van der Waals surface area (Å²) < 4.78 is 33.3. The zero-order valence-corrected chi connectivity index (χ0v) is 17.2. The molecule has 27 heavy (non-hydrogen) atoms. The fraction of sp³-hybridized carbons (Fsp3) is 0.667. The Labute approximate surface area is 161 Å². The number of aliphatic hydroxyl groups is 1. The number of ether oxygens (including phenoxy) is 1. The van der Waals surface area contributed by atoms with Crippen molar-refractivity contribution in [2.24, 2.45) is 0 Å². The molecule has 2 N–H and O–H groups in total. The number of nitro benzene ring substituents is 1. The first kappa shape index (κ1) is 23.5. The van der Waals surface area contributed by atoms with Crippen LogP contribution in [0.3, 0.4) is 0 Å². The van der Waals surface area contributed by atoms with E-state index in [4.69, 9.17) is 4.74 Å². The molecule has 0 radical (unpaired) electrons. The molecule has 1 rings (SSSR count). The molecule has 0 atom stereocenters. The van der Waals surface area contributed by atoms with Crippen molar-refractivity contribution >= 4 is 15.7 Å². The van der Waals surface area contributed by atoms with E-state index in [1.54, 1.807) is 13.8 Å². The monoisotopic (exact) mass is 402 g/mol. The van der Waals surface area contributed by atoms with Crippen LogP contribution >= 0.6 is 0 Å². The van der Waals surface area contributed by atoms with Crippen molar-refractivity contribution in [1.29, 1.82) is 0 Å². The van der Waals surface area contributed by atoms with Crippen molar-refractivity contribution in [2.75, 3.05) is 13.2 Å². The van der Waals surface area contributed by atoms with Gasteiger partial charge in [-0.2, -0.15) is 0 Å². The molecule has 0 unspecified atom stereocenters. The van der Waals surface area contributed by atoms with E-state index < -0.39 is 26.1 Å². The molecule has 0 aliphatic rings. The lowest BCUT2D eigenvalue weighted by atomic mass is 9.93. The van der Waals surface area contributed by atoms with E-state index in [1.165, 1.54) is 12.1 Å². The Morgan fingerprint density at radius 3 is 2.15 bits per heavy atom. The summed E-state index contributed by atoms with van der Waals surface area (Å²) in [4.78, 5) is 10.1. The molecule has 0 fully saturated rings. The zero-order chi connectivity index (χ0) is 20.7. The SMILES string of the molecule is CCC(CC)(CCNS(=O)(=O)c1ccc([N+](=O)[O-])cc1)OCCC(C)(C)O. The number of hydrogen-bond acceptors (Lipinski definition) is 6. The van der Waals surface area contributed by atoms with E-state index in [-0.39, 0.29) is 17.1 Å². The summed E-state index contributed by atoms with van der Waals surface area (Å²) >= 11 is 0. The van der Waals surface area contributed by atoms with Crippen LogP contribution in [-0.2, 0) is 14.8 Å². The minimum absolute atomic E-state index is 0.0188. The molecule has 0 aliphatic heterocycles. The van der Waals surface area contributed by atoms with Gasteiger partial charge in [0.05, 0.1) is 27.6 Å². The third-order valence-electron chi connectivity index (χ3n) is 4.64. The first-order chi connectivity index (χ1) is 12.4. The fourth-order valence-corrected chi connectivity index (χ4v) is 3.67. The van der Waals surface area contributed by atoms with Crippen molar-refractivity contribution in [3.05, 3.63) is 34.4 Å². The predicted molar refractivity (Wildman–Crippen MR) is 103 cm³/mol. The van der Waals surface area contributed by atoms with Gasteiger partial charge in [-0.3, -0.25) is 10.1 Å². The van der Waals surface area contributed by atoms with Crippen LogP contribution in [0.5, 0.6) is 0 Å². The quantitative estimate of drug-likeness (QED) is 0.410. The van der Waals surface area contributed by atoms with Crippen LogP contribution in [-0.4, -0.2) is 42.8 Å². The Morgan fingerprint density at radius 1 is 1.15 bits per heavy atom. The third-order valence-corrected chi connectivity index (χ3v) is 6.12. The molecule has 0 amide bonds. The van der Waals surface area contributed by atoms with E-state index in [2.05, 4.69) is 4.72 Å². The topological polar surface area (TPSA) is 119 Å². The van der Waals surface area contributed by atoms with E-state index in [9.17, 15) is 23.6 Å². The minimum Gasteiger partial charge on any atom is -0.390 e. The fourth-order valence-electron chi connectivity index (χ4n) is 2.64. The molecular formula is C18H30N2O6S. The lowest BCUT2D eigenvalue weighted by Crippen LogP contribution is -2.38. The summed E-state index contributed by atoms with van der Waals surface area (Å²) in [5.41, 5.74) is -1.45. The first-order valence-corrected chi connectivity index (χ1v) is 10.5. The van der Waals surface area contributed by atoms with Gasteiger partial charge in [-0.15, -0.1) is 0 Å². The molecule has 0 saturated heterocycles. The number of benzene rings is 1. The van der Waals surface area contributed by atoms with Gasteiger partial charge in [0.15, 0.2) is 0 Å². The number of hydrogen-bond donors (Lipinski definition) is 2. The molecule has 0 saturated carbocycles. The van der Waals surface area contributed by atoms with Crippen molar-refractivity contribution in [3.8, 4) is 0 Å². The second-order valence-corrected chi connectivity index (χ2v) is 8.97.